The van der Waals surface area contributed by atoms with E-state index in [9.17, 15) is 18.0 Å². The monoisotopic (exact) mass is 318 g/mol. The number of carboxylic acid groups (broad SMARTS) is 1. The maximum atomic E-state index is 12.0. The van der Waals surface area contributed by atoms with Crippen molar-refractivity contribution >= 4 is 21.9 Å². The molecule has 118 valence electrons. The van der Waals surface area contributed by atoms with Crippen LogP contribution in [0.3, 0.4) is 0 Å². The Balaban J connectivity index is 2.92. The van der Waals surface area contributed by atoms with Gasteiger partial charge in [-0.1, -0.05) is 20.3 Å². The fraction of sp³-hybridized carbons (Fsp3) is 0.500. The number of nitrogens with one attached hydrogen (secondary N) is 2. The fourth-order valence-electron chi connectivity index (χ4n) is 1.58. The summed E-state index contributed by atoms with van der Waals surface area (Å²) in [5.41, 5.74) is -0.0571. The third-order valence-electron chi connectivity index (χ3n) is 3.14. The van der Waals surface area contributed by atoms with Crippen LogP contribution in [0.2, 0.25) is 0 Å². The molecule has 1 heterocycles. The van der Waals surface area contributed by atoms with E-state index in [1.807, 2.05) is 11.6 Å². The highest BCUT2D eigenvalue weighted by Gasteiger charge is 2.27. The molecular weight excluding hydrogens is 300 g/mol. The van der Waals surface area contributed by atoms with Crippen molar-refractivity contribution in [2.75, 3.05) is 7.05 Å². The average Bonchev–Trinajstić information content (AvgIpc) is 2.93. The normalized spacial score (nSPS) is 14.4. The van der Waals surface area contributed by atoms with E-state index in [0.717, 1.165) is 12.3 Å². The van der Waals surface area contributed by atoms with Gasteiger partial charge in [-0.25, -0.2) is 17.9 Å². The number of hydrogen-bond donors (Lipinski definition) is 3. The Labute approximate surface area is 122 Å². The van der Waals surface area contributed by atoms with Crippen molar-refractivity contribution in [2.45, 2.75) is 31.4 Å². The highest BCUT2D eigenvalue weighted by molar-refractivity contribution is 7.89. The van der Waals surface area contributed by atoms with Crippen LogP contribution in [0.15, 0.2) is 21.8 Å². The van der Waals surface area contributed by atoms with Crippen molar-refractivity contribution in [1.82, 2.24) is 10.0 Å². The molecule has 0 fully saturated rings. The van der Waals surface area contributed by atoms with Gasteiger partial charge in [-0.15, -0.1) is 0 Å². The molecule has 2 atom stereocenters. The lowest BCUT2D eigenvalue weighted by Gasteiger charge is -2.19. The lowest BCUT2D eigenvalue weighted by Crippen LogP contribution is -2.44. The second-order valence-corrected chi connectivity index (χ2v) is 6.35. The SMILES string of the molecule is CC[C@H](C)[C@H](NC(=O)c1coc(S(=O)(=O)NC)c1)C(=O)O. The van der Waals surface area contributed by atoms with E-state index in [4.69, 9.17) is 9.52 Å². The minimum absolute atomic E-state index is 0.0571. The lowest BCUT2D eigenvalue weighted by molar-refractivity contribution is -0.140. The van der Waals surface area contributed by atoms with Gasteiger partial charge in [-0.05, 0) is 13.0 Å². The van der Waals surface area contributed by atoms with Crippen LogP contribution in [0.4, 0.5) is 0 Å². The second-order valence-electron chi connectivity index (χ2n) is 4.54. The lowest BCUT2D eigenvalue weighted by atomic mass is 9.99. The van der Waals surface area contributed by atoms with Crippen LogP contribution in [0.5, 0.6) is 0 Å². The van der Waals surface area contributed by atoms with Crippen LogP contribution in [-0.4, -0.2) is 38.5 Å². The topological polar surface area (TPSA) is 126 Å². The van der Waals surface area contributed by atoms with Crippen LogP contribution in [0.1, 0.15) is 30.6 Å². The number of carbonyl (C=O) groups excluding carboxylic acids is 1. The van der Waals surface area contributed by atoms with Crippen molar-refractivity contribution in [2.24, 2.45) is 5.92 Å². The minimum Gasteiger partial charge on any atom is -0.480 e. The number of hydrogen-bond acceptors (Lipinski definition) is 5. The first-order valence-corrected chi connectivity index (χ1v) is 7.77. The van der Waals surface area contributed by atoms with Crippen LogP contribution < -0.4 is 10.0 Å². The third kappa shape index (κ3) is 4.05. The molecule has 0 bridgehead atoms. The maximum Gasteiger partial charge on any atom is 0.326 e. The quantitative estimate of drug-likeness (QED) is 0.669. The van der Waals surface area contributed by atoms with Gasteiger partial charge in [0.2, 0.25) is 5.09 Å². The molecule has 0 aliphatic heterocycles. The van der Waals surface area contributed by atoms with Crippen molar-refractivity contribution in [1.29, 1.82) is 0 Å². The van der Waals surface area contributed by atoms with Gasteiger partial charge in [0.1, 0.15) is 12.3 Å². The smallest absolute Gasteiger partial charge is 0.326 e. The Kier molecular flexibility index (Phi) is 5.50. The molecule has 1 amide bonds. The van der Waals surface area contributed by atoms with Gasteiger partial charge >= 0.3 is 5.97 Å². The molecular formula is C12H18N2O6S. The molecule has 0 aromatic carbocycles. The number of amides is 1. The van der Waals surface area contributed by atoms with Crippen molar-refractivity contribution in [3.8, 4) is 0 Å². The molecule has 0 saturated heterocycles. The summed E-state index contributed by atoms with van der Waals surface area (Å²) in [7, 11) is -2.58. The molecule has 1 rings (SSSR count). The average molecular weight is 318 g/mol. The van der Waals surface area contributed by atoms with Gasteiger partial charge in [0.15, 0.2) is 0 Å². The number of carboxylic acids is 1. The van der Waals surface area contributed by atoms with Gasteiger partial charge in [0.25, 0.3) is 15.9 Å². The van der Waals surface area contributed by atoms with Crippen molar-refractivity contribution < 1.29 is 27.5 Å². The summed E-state index contributed by atoms with van der Waals surface area (Å²) in [5, 5.41) is 11.0. The van der Waals surface area contributed by atoms with Crippen molar-refractivity contribution in [3.05, 3.63) is 17.9 Å². The Morgan fingerprint density at radius 2 is 2.05 bits per heavy atom. The minimum atomic E-state index is -3.79. The molecule has 1 aromatic heterocycles. The first kappa shape index (κ1) is 17.2. The molecule has 1 aromatic rings. The van der Waals surface area contributed by atoms with E-state index in [2.05, 4.69) is 5.32 Å². The largest absolute Gasteiger partial charge is 0.480 e. The zero-order chi connectivity index (χ0) is 16.2. The summed E-state index contributed by atoms with van der Waals surface area (Å²) in [4.78, 5) is 23.1. The molecule has 21 heavy (non-hydrogen) atoms. The summed E-state index contributed by atoms with van der Waals surface area (Å²) < 4.78 is 29.8. The number of carbonyl (C=O) groups is 2. The highest BCUT2D eigenvalue weighted by Crippen LogP contribution is 2.15. The zero-order valence-electron chi connectivity index (χ0n) is 11.9. The molecule has 0 spiro atoms. The van der Waals surface area contributed by atoms with E-state index in [1.165, 1.54) is 7.05 Å². The zero-order valence-corrected chi connectivity index (χ0v) is 12.7. The number of furan rings is 1. The fourth-order valence-corrected chi connectivity index (χ4v) is 2.24. The highest BCUT2D eigenvalue weighted by atomic mass is 32.2. The predicted octanol–water partition coefficient (Wildman–Crippen LogP) is 0.417. The summed E-state index contributed by atoms with van der Waals surface area (Å²) >= 11 is 0. The molecule has 9 heteroatoms. The van der Waals surface area contributed by atoms with E-state index >= 15 is 0 Å². The van der Waals surface area contributed by atoms with Gasteiger partial charge < -0.3 is 14.8 Å². The first-order valence-electron chi connectivity index (χ1n) is 6.28. The summed E-state index contributed by atoms with van der Waals surface area (Å²) in [6.07, 6.45) is 1.54. The molecule has 3 N–H and O–H groups in total. The van der Waals surface area contributed by atoms with Crippen LogP contribution >= 0.6 is 0 Å². The summed E-state index contributed by atoms with van der Waals surface area (Å²) in [5.74, 6) is -2.12. The van der Waals surface area contributed by atoms with Gasteiger partial charge in [0, 0.05) is 6.07 Å². The number of aliphatic carboxylic acids is 1. The van der Waals surface area contributed by atoms with Crippen LogP contribution in [0, 0.1) is 5.92 Å². The van der Waals surface area contributed by atoms with Crippen LogP contribution in [-0.2, 0) is 14.8 Å². The van der Waals surface area contributed by atoms with E-state index in [0.29, 0.717) is 6.42 Å². The van der Waals surface area contributed by atoms with E-state index in [1.54, 1.807) is 6.92 Å². The second kappa shape index (κ2) is 6.72. The molecule has 0 radical (unpaired) electrons. The molecule has 0 aliphatic rings. The summed E-state index contributed by atoms with van der Waals surface area (Å²) in [6, 6.07) is -0.0155. The maximum absolute atomic E-state index is 12.0. The van der Waals surface area contributed by atoms with Crippen LogP contribution in [0.25, 0.3) is 0 Å². The molecule has 8 nitrogen and oxygen atoms in total. The number of sulfonamides is 1. The molecule has 0 unspecified atom stereocenters. The van der Waals surface area contributed by atoms with E-state index in [-0.39, 0.29) is 11.5 Å². The predicted molar refractivity (Wildman–Crippen MR) is 73.3 cm³/mol. The summed E-state index contributed by atoms with van der Waals surface area (Å²) in [6.45, 7) is 3.51. The Bertz CT molecular complexity index is 621. The number of rotatable bonds is 7. The van der Waals surface area contributed by atoms with Gasteiger partial charge in [0.05, 0.1) is 5.56 Å². The Hall–Kier alpha value is -1.87. The standard InChI is InChI=1S/C12H18N2O6S/c1-4-7(2)10(12(16)17)14-11(15)8-5-9(20-6-8)21(18,19)13-3/h5-7,10,13H,4H2,1-3H3,(H,14,15)(H,16,17)/t7-,10-/m0/s1. The third-order valence-corrected chi connectivity index (χ3v) is 4.42. The van der Waals surface area contributed by atoms with Gasteiger partial charge in [-0.2, -0.15) is 0 Å². The Morgan fingerprint density at radius 1 is 1.43 bits per heavy atom. The Morgan fingerprint density at radius 3 is 2.52 bits per heavy atom. The first-order chi connectivity index (χ1) is 9.72. The van der Waals surface area contributed by atoms with Crippen molar-refractivity contribution in [3.63, 3.8) is 0 Å². The van der Waals surface area contributed by atoms with E-state index < -0.39 is 33.0 Å². The molecule has 0 aliphatic carbocycles. The van der Waals surface area contributed by atoms with Gasteiger partial charge in [-0.3, -0.25) is 4.79 Å². The molecule has 0 saturated carbocycles.